The van der Waals surface area contributed by atoms with Crippen molar-refractivity contribution in [1.82, 2.24) is 4.98 Å². The number of hydrogen-bond acceptors (Lipinski definition) is 5. The van der Waals surface area contributed by atoms with Crippen molar-refractivity contribution < 1.29 is 19.0 Å². The first-order valence-corrected chi connectivity index (χ1v) is 6.30. The van der Waals surface area contributed by atoms with Crippen molar-refractivity contribution in [3.8, 4) is 0 Å². The van der Waals surface area contributed by atoms with E-state index in [-0.39, 0.29) is 0 Å². The number of nitrogens with zero attached hydrogens (tertiary/aromatic N) is 2. The summed E-state index contributed by atoms with van der Waals surface area (Å²) < 4.78 is 18.3. The largest absolute Gasteiger partial charge is 0.476 e. The highest BCUT2D eigenvalue weighted by Gasteiger charge is 2.17. The lowest BCUT2D eigenvalue weighted by atomic mass is 10.3. The van der Waals surface area contributed by atoms with E-state index in [0.717, 1.165) is 24.3 Å². The third-order valence-corrected chi connectivity index (χ3v) is 3.73. The quantitative estimate of drug-likeness (QED) is 0.848. The van der Waals surface area contributed by atoms with E-state index in [1.165, 1.54) is 11.3 Å². The van der Waals surface area contributed by atoms with Crippen LogP contribution in [-0.2, 0) is 9.53 Å². The van der Waals surface area contributed by atoms with E-state index in [0.29, 0.717) is 23.8 Å². The molecule has 5 nitrogen and oxygen atoms in total. The number of anilines is 1. The smallest absolute Gasteiger partial charge is 0.364 e. The maximum Gasteiger partial charge on any atom is 0.364 e. The summed E-state index contributed by atoms with van der Waals surface area (Å²) in [6.45, 7) is 4.52. The van der Waals surface area contributed by atoms with Gasteiger partial charge in [0.15, 0.2) is 5.13 Å². The van der Waals surface area contributed by atoms with Gasteiger partial charge >= 0.3 is 5.97 Å². The fourth-order valence-corrected chi connectivity index (χ4v) is 2.64. The molecule has 2 rings (SSSR count). The van der Waals surface area contributed by atoms with Gasteiger partial charge in [-0.15, -0.1) is 0 Å². The van der Waals surface area contributed by atoms with E-state index in [2.05, 4.69) is 9.88 Å². The van der Waals surface area contributed by atoms with Crippen molar-refractivity contribution in [2.45, 2.75) is 6.92 Å². The maximum absolute atomic E-state index is 13.0. The molecule has 2 heterocycles. The van der Waals surface area contributed by atoms with Crippen LogP contribution in [0.3, 0.4) is 0 Å². The lowest BCUT2D eigenvalue weighted by molar-refractivity contribution is -0.134. The Kier molecular flexibility index (Phi) is 3.93. The van der Waals surface area contributed by atoms with E-state index < -0.39 is 11.8 Å². The Morgan fingerprint density at radius 3 is 2.83 bits per heavy atom. The van der Waals surface area contributed by atoms with Crippen LogP contribution in [0.4, 0.5) is 9.52 Å². The summed E-state index contributed by atoms with van der Waals surface area (Å²) in [6, 6.07) is 0. The molecule has 1 aromatic rings. The predicted molar refractivity (Wildman–Crippen MR) is 66.6 cm³/mol. The van der Waals surface area contributed by atoms with Gasteiger partial charge in [0.2, 0.25) is 5.83 Å². The number of hydrogen-bond donors (Lipinski definition) is 1. The first kappa shape index (κ1) is 13.0. The normalized spacial score (nSPS) is 17.0. The highest BCUT2D eigenvalue weighted by molar-refractivity contribution is 7.16. The molecule has 98 valence electrons. The van der Waals surface area contributed by atoms with Crippen LogP contribution in [-0.4, -0.2) is 42.4 Å². The van der Waals surface area contributed by atoms with Gasteiger partial charge in [-0.2, -0.15) is 4.39 Å². The Labute approximate surface area is 108 Å². The number of carboxylic acid groups (broad SMARTS) is 1. The monoisotopic (exact) mass is 272 g/mol. The second kappa shape index (κ2) is 5.45. The fraction of sp³-hybridized carbons (Fsp3) is 0.455. The molecule has 0 bridgehead atoms. The predicted octanol–water partition coefficient (Wildman–Crippen LogP) is 1.68. The molecule has 1 aliphatic rings. The summed E-state index contributed by atoms with van der Waals surface area (Å²) in [4.78, 5) is 17.4. The lowest BCUT2D eigenvalue weighted by Crippen LogP contribution is -2.36. The zero-order valence-corrected chi connectivity index (χ0v) is 10.7. The van der Waals surface area contributed by atoms with Gasteiger partial charge < -0.3 is 14.7 Å². The van der Waals surface area contributed by atoms with Crippen molar-refractivity contribution in [3.05, 3.63) is 16.4 Å². The molecule has 1 N–H and O–H groups in total. The lowest BCUT2D eigenvalue weighted by Gasteiger charge is -2.25. The molecule has 1 aliphatic heterocycles. The van der Waals surface area contributed by atoms with Crippen molar-refractivity contribution >= 4 is 28.5 Å². The minimum atomic E-state index is -1.56. The van der Waals surface area contributed by atoms with Crippen LogP contribution in [0.15, 0.2) is 5.83 Å². The number of carboxylic acids is 1. The molecule has 0 saturated carbocycles. The zero-order valence-electron chi connectivity index (χ0n) is 9.85. The van der Waals surface area contributed by atoms with Crippen molar-refractivity contribution in [2.24, 2.45) is 0 Å². The molecule has 0 atom stereocenters. The summed E-state index contributed by atoms with van der Waals surface area (Å²) in [5.41, 5.74) is 0.637. The van der Waals surface area contributed by atoms with Crippen molar-refractivity contribution in [3.63, 3.8) is 0 Å². The average molecular weight is 272 g/mol. The molecule has 7 heteroatoms. The van der Waals surface area contributed by atoms with Gasteiger partial charge in [-0.25, -0.2) is 9.78 Å². The molecule has 0 amide bonds. The van der Waals surface area contributed by atoms with E-state index in [1.807, 2.05) is 0 Å². The number of morpholine rings is 1. The van der Waals surface area contributed by atoms with Crippen LogP contribution in [0.2, 0.25) is 0 Å². The SMILES string of the molecule is Cc1nc(N2CCOCC2)sc1C=C(F)C(=O)O. The second-order valence-corrected chi connectivity index (χ2v) is 4.85. The van der Waals surface area contributed by atoms with Crippen molar-refractivity contribution in [2.75, 3.05) is 31.2 Å². The van der Waals surface area contributed by atoms with E-state index >= 15 is 0 Å². The van der Waals surface area contributed by atoms with E-state index in [4.69, 9.17) is 9.84 Å². The maximum atomic E-state index is 13.0. The number of aromatic nitrogens is 1. The van der Waals surface area contributed by atoms with Gasteiger partial charge in [0.05, 0.1) is 23.8 Å². The number of thiazole rings is 1. The molecule has 18 heavy (non-hydrogen) atoms. The van der Waals surface area contributed by atoms with Crippen LogP contribution in [0.25, 0.3) is 6.08 Å². The standard InChI is InChI=1S/C11H13FN2O3S/c1-7-9(6-8(12)10(15)16)18-11(13-7)14-2-4-17-5-3-14/h6H,2-5H2,1H3,(H,15,16). The van der Waals surface area contributed by atoms with Crippen LogP contribution in [0, 0.1) is 6.92 Å². The third kappa shape index (κ3) is 2.85. The molecular weight excluding hydrogens is 259 g/mol. The minimum Gasteiger partial charge on any atom is -0.476 e. The molecule has 0 radical (unpaired) electrons. The van der Waals surface area contributed by atoms with Crippen LogP contribution < -0.4 is 4.90 Å². The average Bonchev–Trinajstić information content (AvgIpc) is 2.72. The Bertz CT molecular complexity index is 481. The summed E-state index contributed by atoms with van der Waals surface area (Å²) in [5.74, 6) is -2.73. The first-order valence-electron chi connectivity index (χ1n) is 5.48. The Hall–Kier alpha value is -1.47. The summed E-state index contributed by atoms with van der Waals surface area (Å²) in [5, 5.41) is 9.28. The van der Waals surface area contributed by atoms with Crippen LogP contribution >= 0.6 is 11.3 Å². The number of rotatable bonds is 3. The van der Waals surface area contributed by atoms with Crippen LogP contribution in [0.5, 0.6) is 0 Å². The molecule has 0 aliphatic carbocycles. The van der Waals surface area contributed by atoms with Gasteiger partial charge in [-0.1, -0.05) is 11.3 Å². The summed E-state index contributed by atoms with van der Waals surface area (Å²) in [6.07, 6.45) is 1.01. The molecule has 1 saturated heterocycles. The number of ether oxygens (including phenoxy) is 1. The minimum absolute atomic E-state index is 0.538. The summed E-state index contributed by atoms with van der Waals surface area (Å²) >= 11 is 1.29. The third-order valence-electron chi connectivity index (χ3n) is 2.56. The fourth-order valence-electron chi connectivity index (χ4n) is 1.59. The van der Waals surface area contributed by atoms with Gasteiger partial charge in [0.1, 0.15) is 0 Å². The van der Waals surface area contributed by atoms with Gasteiger partial charge in [0, 0.05) is 19.2 Å². The number of carbonyl (C=O) groups is 1. The van der Waals surface area contributed by atoms with Gasteiger partial charge in [-0.3, -0.25) is 0 Å². The Balaban J connectivity index is 2.21. The van der Waals surface area contributed by atoms with Crippen molar-refractivity contribution in [1.29, 1.82) is 0 Å². The Morgan fingerprint density at radius 1 is 1.56 bits per heavy atom. The van der Waals surface area contributed by atoms with E-state index in [9.17, 15) is 9.18 Å². The Morgan fingerprint density at radius 2 is 2.22 bits per heavy atom. The molecule has 1 aromatic heterocycles. The van der Waals surface area contributed by atoms with Gasteiger partial charge in [0.25, 0.3) is 0 Å². The number of aryl methyl sites for hydroxylation is 1. The molecule has 0 unspecified atom stereocenters. The molecule has 0 aromatic carbocycles. The molecule has 0 spiro atoms. The molecular formula is C11H13FN2O3S. The van der Waals surface area contributed by atoms with E-state index in [1.54, 1.807) is 6.92 Å². The number of aliphatic carboxylic acids is 1. The topological polar surface area (TPSA) is 62.7 Å². The van der Waals surface area contributed by atoms with Gasteiger partial charge in [-0.05, 0) is 6.92 Å². The van der Waals surface area contributed by atoms with Crippen LogP contribution in [0.1, 0.15) is 10.6 Å². The number of halogens is 1. The molecule has 1 fully saturated rings. The second-order valence-electron chi connectivity index (χ2n) is 3.84. The first-order chi connectivity index (χ1) is 8.58. The zero-order chi connectivity index (χ0) is 13.1. The summed E-state index contributed by atoms with van der Waals surface area (Å²) in [7, 11) is 0. The highest BCUT2D eigenvalue weighted by Crippen LogP contribution is 2.28. The highest BCUT2D eigenvalue weighted by atomic mass is 32.1.